The first-order chi connectivity index (χ1) is 9.90. The number of rotatable bonds is 4. The van der Waals surface area contributed by atoms with E-state index in [1.54, 1.807) is 0 Å². The van der Waals surface area contributed by atoms with E-state index in [1.165, 1.54) is 30.3 Å². The molecule has 2 aromatic rings. The molecule has 2 rings (SSSR count). The lowest BCUT2D eigenvalue weighted by Crippen LogP contribution is -2.03. The SMILES string of the molecule is O=C(O)Cc1cccc(F)c1-c1ccc(Cl)c([N+](=O)[O-])c1. The molecule has 0 saturated carbocycles. The number of hydrogen-bond donors (Lipinski definition) is 1. The molecule has 0 aliphatic rings. The van der Waals surface area contributed by atoms with Crippen molar-refractivity contribution < 1.29 is 19.2 Å². The van der Waals surface area contributed by atoms with Gasteiger partial charge in [0, 0.05) is 11.6 Å². The molecule has 0 aliphatic heterocycles. The third-order valence-electron chi connectivity index (χ3n) is 2.87. The summed E-state index contributed by atoms with van der Waals surface area (Å²) in [7, 11) is 0. The Bertz CT molecular complexity index is 733. The number of carboxylic acid groups (broad SMARTS) is 1. The molecule has 108 valence electrons. The summed E-state index contributed by atoms with van der Waals surface area (Å²) in [5.41, 5.74) is 0.109. The van der Waals surface area contributed by atoms with Crippen LogP contribution in [0.2, 0.25) is 5.02 Å². The molecule has 0 radical (unpaired) electrons. The Morgan fingerprint density at radius 3 is 2.67 bits per heavy atom. The largest absolute Gasteiger partial charge is 0.481 e. The highest BCUT2D eigenvalue weighted by atomic mass is 35.5. The number of halogens is 2. The number of hydrogen-bond acceptors (Lipinski definition) is 3. The van der Waals surface area contributed by atoms with E-state index in [1.807, 2.05) is 0 Å². The summed E-state index contributed by atoms with van der Waals surface area (Å²) in [5, 5.41) is 19.7. The standard InChI is InChI=1S/C14H9ClFNO4/c15-10-5-4-9(6-12(10)17(20)21)14-8(7-13(18)19)2-1-3-11(14)16/h1-6H,7H2,(H,18,19). The van der Waals surface area contributed by atoms with Gasteiger partial charge in [0.25, 0.3) is 5.69 Å². The van der Waals surface area contributed by atoms with Crippen molar-refractivity contribution in [3.63, 3.8) is 0 Å². The Hall–Kier alpha value is -2.47. The number of nitrogens with zero attached hydrogens (tertiary/aromatic N) is 1. The van der Waals surface area contributed by atoms with E-state index in [0.29, 0.717) is 0 Å². The summed E-state index contributed by atoms with van der Waals surface area (Å²) >= 11 is 5.71. The lowest BCUT2D eigenvalue weighted by molar-refractivity contribution is -0.384. The van der Waals surface area contributed by atoms with Gasteiger partial charge in [0.2, 0.25) is 0 Å². The lowest BCUT2D eigenvalue weighted by Gasteiger charge is -2.09. The van der Waals surface area contributed by atoms with Gasteiger partial charge in [-0.1, -0.05) is 29.8 Å². The van der Waals surface area contributed by atoms with Crippen molar-refractivity contribution in [3.8, 4) is 11.1 Å². The van der Waals surface area contributed by atoms with Crippen LogP contribution in [0.15, 0.2) is 36.4 Å². The van der Waals surface area contributed by atoms with E-state index in [9.17, 15) is 19.3 Å². The van der Waals surface area contributed by atoms with Crippen molar-refractivity contribution in [2.24, 2.45) is 0 Å². The Labute approximate surface area is 123 Å². The summed E-state index contributed by atoms with van der Waals surface area (Å²) in [6.07, 6.45) is -0.385. The van der Waals surface area contributed by atoms with E-state index in [0.717, 1.165) is 6.07 Å². The zero-order valence-electron chi connectivity index (χ0n) is 10.5. The molecular formula is C14H9ClFNO4. The van der Waals surface area contributed by atoms with Gasteiger partial charge in [-0.3, -0.25) is 14.9 Å². The van der Waals surface area contributed by atoms with E-state index < -0.39 is 16.7 Å². The van der Waals surface area contributed by atoms with Gasteiger partial charge >= 0.3 is 5.97 Å². The summed E-state index contributed by atoms with van der Waals surface area (Å²) in [6.45, 7) is 0. The van der Waals surface area contributed by atoms with Crippen LogP contribution in [-0.2, 0) is 11.2 Å². The zero-order valence-corrected chi connectivity index (χ0v) is 11.3. The van der Waals surface area contributed by atoms with Crippen molar-refractivity contribution in [2.45, 2.75) is 6.42 Å². The number of nitro groups is 1. The van der Waals surface area contributed by atoms with Gasteiger partial charge in [0.05, 0.1) is 11.3 Å². The van der Waals surface area contributed by atoms with Gasteiger partial charge in [0.1, 0.15) is 10.8 Å². The maximum absolute atomic E-state index is 14.0. The number of carboxylic acids is 1. The summed E-state index contributed by atoms with van der Waals surface area (Å²) in [6, 6.07) is 7.85. The molecule has 5 nitrogen and oxygen atoms in total. The number of carbonyl (C=O) groups is 1. The highest BCUT2D eigenvalue weighted by Crippen LogP contribution is 2.33. The zero-order chi connectivity index (χ0) is 15.6. The van der Waals surface area contributed by atoms with E-state index in [-0.39, 0.29) is 33.8 Å². The smallest absolute Gasteiger partial charge is 0.307 e. The van der Waals surface area contributed by atoms with Crippen molar-refractivity contribution in [1.82, 2.24) is 0 Å². The van der Waals surface area contributed by atoms with Crippen molar-refractivity contribution in [2.75, 3.05) is 0 Å². The molecule has 0 heterocycles. The number of aliphatic carboxylic acids is 1. The minimum atomic E-state index is -1.12. The second-order valence-corrected chi connectivity index (χ2v) is 4.67. The fourth-order valence-electron chi connectivity index (χ4n) is 2.01. The molecule has 0 amide bonds. The maximum atomic E-state index is 14.0. The van der Waals surface area contributed by atoms with Gasteiger partial charge in [-0.05, 0) is 23.3 Å². The topological polar surface area (TPSA) is 80.4 Å². The Balaban J connectivity index is 2.63. The average Bonchev–Trinajstić information content (AvgIpc) is 2.39. The van der Waals surface area contributed by atoms with Crippen molar-refractivity contribution >= 4 is 23.3 Å². The average molecular weight is 310 g/mol. The molecular weight excluding hydrogens is 301 g/mol. The second kappa shape index (κ2) is 5.88. The molecule has 0 fully saturated rings. The minimum Gasteiger partial charge on any atom is -0.481 e. The van der Waals surface area contributed by atoms with Crippen LogP contribution in [0, 0.1) is 15.9 Å². The quantitative estimate of drug-likeness (QED) is 0.690. The fraction of sp³-hybridized carbons (Fsp3) is 0.0714. The molecule has 7 heteroatoms. The van der Waals surface area contributed by atoms with E-state index in [2.05, 4.69) is 0 Å². The lowest BCUT2D eigenvalue weighted by atomic mass is 9.96. The first-order valence-electron chi connectivity index (χ1n) is 5.83. The molecule has 0 atom stereocenters. The normalized spacial score (nSPS) is 10.4. The highest BCUT2D eigenvalue weighted by Gasteiger charge is 2.18. The van der Waals surface area contributed by atoms with E-state index >= 15 is 0 Å². The third-order valence-corrected chi connectivity index (χ3v) is 3.19. The van der Waals surface area contributed by atoms with E-state index in [4.69, 9.17) is 16.7 Å². The monoisotopic (exact) mass is 309 g/mol. The third kappa shape index (κ3) is 3.17. The van der Waals surface area contributed by atoms with Crippen molar-refractivity contribution in [1.29, 1.82) is 0 Å². The Morgan fingerprint density at radius 1 is 1.33 bits per heavy atom. The fourth-order valence-corrected chi connectivity index (χ4v) is 2.20. The molecule has 0 spiro atoms. The second-order valence-electron chi connectivity index (χ2n) is 4.27. The van der Waals surface area contributed by atoms with Gasteiger partial charge in [0.15, 0.2) is 0 Å². The molecule has 21 heavy (non-hydrogen) atoms. The Morgan fingerprint density at radius 2 is 2.05 bits per heavy atom. The molecule has 0 bridgehead atoms. The highest BCUT2D eigenvalue weighted by molar-refractivity contribution is 6.32. The van der Waals surface area contributed by atoms with Gasteiger partial charge < -0.3 is 5.11 Å². The van der Waals surface area contributed by atoms with Crippen LogP contribution in [0.3, 0.4) is 0 Å². The molecule has 0 aromatic heterocycles. The van der Waals surface area contributed by atoms with Gasteiger partial charge in [-0.15, -0.1) is 0 Å². The Kier molecular flexibility index (Phi) is 4.18. The molecule has 1 N–H and O–H groups in total. The molecule has 2 aromatic carbocycles. The van der Waals surface area contributed by atoms with Crippen LogP contribution in [0.4, 0.5) is 10.1 Å². The van der Waals surface area contributed by atoms with Gasteiger partial charge in [-0.2, -0.15) is 0 Å². The maximum Gasteiger partial charge on any atom is 0.307 e. The van der Waals surface area contributed by atoms with Crippen LogP contribution < -0.4 is 0 Å². The van der Waals surface area contributed by atoms with Crippen LogP contribution >= 0.6 is 11.6 Å². The van der Waals surface area contributed by atoms with Crippen LogP contribution in [0.5, 0.6) is 0 Å². The first-order valence-corrected chi connectivity index (χ1v) is 6.21. The number of benzene rings is 2. The van der Waals surface area contributed by atoms with Gasteiger partial charge in [-0.25, -0.2) is 4.39 Å². The van der Waals surface area contributed by atoms with Crippen molar-refractivity contribution in [3.05, 3.63) is 62.9 Å². The summed E-state index contributed by atoms with van der Waals surface area (Å²) in [5.74, 6) is -1.77. The van der Waals surface area contributed by atoms with Crippen LogP contribution in [0.25, 0.3) is 11.1 Å². The molecule has 0 unspecified atom stereocenters. The summed E-state index contributed by atoms with van der Waals surface area (Å²) in [4.78, 5) is 21.1. The molecule has 0 aliphatic carbocycles. The van der Waals surface area contributed by atoms with Crippen LogP contribution in [0.1, 0.15) is 5.56 Å². The predicted molar refractivity (Wildman–Crippen MR) is 74.8 cm³/mol. The summed E-state index contributed by atoms with van der Waals surface area (Å²) < 4.78 is 14.0. The number of nitro benzene ring substituents is 1. The van der Waals surface area contributed by atoms with Crippen LogP contribution in [-0.4, -0.2) is 16.0 Å². The predicted octanol–water partition coefficient (Wildman–Crippen LogP) is 3.68. The minimum absolute atomic E-state index is 0.0275. The molecule has 0 saturated heterocycles. The first kappa shape index (κ1) is 14.9.